The van der Waals surface area contributed by atoms with Gasteiger partial charge in [-0.15, -0.1) is 0 Å². The third-order valence-electron chi connectivity index (χ3n) is 8.47. The lowest BCUT2D eigenvalue weighted by molar-refractivity contribution is 0.0737. The number of hydrogen-bond acceptors (Lipinski definition) is 4. The number of nitrogens with zero attached hydrogens (tertiary/aromatic N) is 2. The van der Waals surface area contributed by atoms with E-state index in [1.165, 1.54) is 16.8 Å². The Kier molecular flexibility index (Phi) is 6.48. The van der Waals surface area contributed by atoms with Gasteiger partial charge in [-0.25, -0.2) is 13.2 Å². The number of sulfonamides is 1. The van der Waals surface area contributed by atoms with Gasteiger partial charge in [-0.1, -0.05) is 26.8 Å². The molecule has 1 aromatic carbocycles. The van der Waals surface area contributed by atoms with Crippen LogP contribution in [0.25, 0.3) is 0 Å². The van der Waals surface area contributed by atoms with Gasteiger partial charge < -0.3 is 15.5 Å². The maximum Gasteiger partial charge on any atom is 0.317 e. The summed E-state index contributed by atoms with van der Waals surface area (Å²) in [6.07, 6.45) is 3.44. The molecule has 188 valence electrons. The lowest BCUT2D eigenvalue weighted by Crippen LogP contribution is -2.53. The van der Waals surface area contributed by atoms with Crippen LogP contribution >= 0.6 is 0 Å². The van der Waals surface area contributed by atoms with Crippen molar-refractivity contribution in [3.8, 4) is 0 Å². The van der Waals surface area contributed by atoms with Crippen molar-refractivity contribution >= 4 is 22.0 Å². The van der Waals surface area contributed by atoms with E-state index in [-0.39, 0.29) is 46.8 Å². The van der Waals surface area contributed by atoms with E-state index in [0.29, 0.717) is 36.7 Å². The number of urea groups is 1. The fourth-order valence-corrected chi connectivity index (χ4v) is 8.10. The monoisotopic (exact) mass is 490 g/mol. The molecule has 3 fully saturated rings. The van der Waals surface area contributed by atoms with Crippen LogP contribution in [0.1, 0.15) is 62.9 Å². The third-order valence-corrected chi connectivity index (χ3v) is 10.5. The molecular formula is C25H38N4O4S. The highest BCUT2D eigenvalue weighted by molar-refractivity contribution is 7.89. The summed E-state index contributed by atoms with van der Waals surface area (Å²) in [5, 5.41) is 6.02. The summed E-state index contributed by atoms with van der Waals surface area (Å²) < 4.78 is 28.3. The van der Waals surface area contributed by atoms with Gasteiger partial charge in [-0.05, 0) is 67.6 Å². The van der Waals surface area contributed by atoms with E-state index in [2.05, 4.69) is 31.4 Å². The van der Waals surface area contributed by atoms with Crippen LogP contribution in [-0.4, -0.2) is 68.3 Å². The van der Waals surface area contributed by atoms with Gasteiger partial charge in [-0.3, -0.25) is 4.79 Å². The van der Waals surface area contributed by atoms with Gasteiger partial charge in [0.05, 0.1) is 4.90 Å². The second kappa shape index (κ2) is 8.82. The van der Waals surface area contributed by atoms with E-state index in [9.17, 15) is 18.0 Å². The molecule has 0 aromatic heterocycles. The third kappa shape index (κ3) is 4.21. The van der Waals surface area contributed by atoms with Gasteiger partial charge in [-0.2, -0.15) is 4.31 Å². The van der Waals surface area contributed by atoms with Gasteiger partial charge >= 0.3 is 6.03 Å². The fourth-order valence-electron chi connectivity index (χ4n) is 6.43. The molecule has 3 atom stereocenters. The van der Waals surface area contributed by atoms with E-state index in [1.807, 2.05) is 6.92 Å². The Morgan fingerprint density at radius 2 is 1.79 bits per heavy atom. The number of carbonyl (C=O) groups is 2. The standard InChI is InChI=1S/C25H38N4O4S/c1-6-26-23(31)28-11-13-29(14-12-28)34(32,33)20-15-18(8-7-17(20)2)21(30)27-22-24(3,4)19-9-10-25(22,5)16-19/h7-8,15,19,22H,6,9-14,16H2,1-5H3,(H,26,31)(H,27,30)/t19-,22?,25-/m1/s1. The minimum absolute atomic E-state index is 0.0198. The SMILES string of the molecule is CCNC(=O)N1CCN(S(=O)(=O)c2cc(C(=O)NC3C(C)(C)[C@@H]4CC[C@]3(C)C4)ccc2C)CC1. The number of rotatable bonds is 5. The quantitative estimate of drug-likeness (QED) is 0.663. The van der Waals surface area contributed by atoms with Crippen LogP contribution in [0.4, 0.5) is 4.79 Å². The molecule has 8 nitrogen and oxygen atoms in total. The molecule has 2 N–H and O–H groups in total. The first-order chi connectivity index (χ1) is 15.9. The van der Waals surface area contributed by atoms with Crippen molar-refractivity contribution in [2.45, 2.75) is 64.8 Å². The fraction of sp³-hybridized carbons (Fsp3) is 0.680. The first kappa shape index (κ1) is 25.0. The Hall–Kier alpha value is -2.13. The Balaban J connectivity index is 1.51. The molecule has 9 heteroatoms. The second-order valence-electron chi connectivity index (χ2n) is 11.0. The highest BCUT2D eigenvalue weighted by atomic mass is 32.2. The highest BCUT2D eigenvalue weighted by Gasteiger charge is 2.59. The van der Waals surface area contributed by atoms with E-state index in [4.69, 9.17) is 0 Å². The zero-order chi connectivity index (χ0) is 24.9. The van der Waals surface area contributed by atoms with E-state index in [0.717, 1.165) is 12.8 Å². The maximum atomic E-state index is 13.5. The lowest BCUT2D eigenvalue weighted by Gasteiger charge is -2.43. The molecular weight excluding hydrogens is 452 g/mol. The number of piperazine rings is 1. The molecule has 2 saturated carbocycles. The minimum Gasteiger partial charge on any atom is -0.348 e. The van der Waals surface area contributed by atoms with Crippen LogP contribution in [0.2, 0.25) is 0 Å². The summed E-state index contributed by atoms with van der Waals surface area (Å²) in [4.78, 5) is 27.1. The largest absolute Gasteiger partial charge is 0.348 e. The smallest absolute Gasteiger partial charge is 0.317 e. The molecule has 2 bridgehead atoms. The number of carbonyl (C=O) groups excluding carboxylic acids is 2. The van der Waals surface area contributed by atoms with Crippen molar-refractivity contribution in [2.75, 3.05) is 32.7 Å². The summed E-state index contributed by atoms with van der Waals surface area (Å²) in [7, 11) is -3.79. The van der Waals surface area contributed by atoms with Crippen LogP contribution in [0.5, 0.6) is 0 Å². The predicted octanol–water partition coefficient (Wildman–Crippen LogP) is 2.98. The Labute approximate surface area is 203 Å². The van der Waals surface area contributed by atoms with Gasteiger partial charge in [0.2, 0.25) is 10.0 Å². The molecule has 1 heterocycles. The maximum absolute atomic E-state index is 13.5. The summed E-state index contributed by atoms with van der Waals surface area (Å²) in [6, 6.07) is 4.82. The zero-order valence-electron chi connectivity index (χ0n) is 21.0. The summed E-state index contributed by atoms with van der Waals surface area (Å²) in [5.41, 5.74) is 1.08. The van der Waals surface area contributed by atoms with Crippen LogP contribution in [0, 0.1) is 23.7 Å². The van der Waals surface area contributed by atoms with Crippen molar-refractivity contribution in [1.82, 2.24) is 19.8 Å². The van der Waals surface area contributed by atoms with Crippen LogP contribution < -0.4 is 10.6 Å². The zero-order valence-corrected chi connectivity index (χ0v) is 21.8. The van der Waals surface area contributed by atoms with Crippen molar-refractivity contribution in [3.05, 3.63) is 29.3 Å². The molecule has 34 heavy (non-hydrogen) atoms. The van der Waals surface area contributed by atoms with Crippen molar-refractivity contribution < 1.29 is 18.0 Å². The first-order valence-corrected chi connectivity index (χ1v) is 13.8. The van der Waals surface area contributed by atoms with Crippen LogP contribution in [0.3, 0.4) is 0 Å². The molecule has 1 unspecified atom stereocenters. The number of hydrogen-bond donors (Lipinski definition) is 2. The lowest BCUT2D eigenvalue weighted by atomic mass is 9.68. The van der Waals surface area contributed by atoms with Crippen molar-refractivity contribution in [1.29, 1.82) is 0 Å². The molecule has 3 amide bonds. The van der Waals surface area contributed by atoms with Crippen molar-refractivity contribution in [3.63, 3.8) is 0 Å². The normalized spacial score (nSPS) is 28.7. The van der Waals surface area contributed by atoms with E-state index >= 15 is 0 Å². The first-order valence-electron chi connectivity index (χ1n) is 12.3. The summed E-state index contributed by atoms with van der Waals surface area (Å²) in [6.45, 7) is 12.0. The molecule has 1 aliphatic heterocycles. The number of fused-ring (bicyclic) bond motifs is 2. The Morgan fingerprint density at radius 3 is 2.38 bits per heavy atom. The second-order valence-corrected chi connectivity index (χ2v) is 12.9. The molecule has 2 aliphatic carbocycles. The average molecular weight is 491 g/mol. The number of nitrogens with one attached hydrogen (secondary N) is 2. The molecule has 4 rings (SSSR count). The van der Waals surface area contributed by atoms with Gasteiger partial charge in [0.15, 0.2) is 0 Å². The highest BCUT2D eigenvalue weighted by Crippen LogP contribution is 2.62. The molecule has 3 aliphatic rings. The number of amides is 3. The number of aryl methyl sites for hydroxylation is 1. The van der Waals surface area contributed by atoms with Crippen LogP contribution in [0.15, 0.2) is 23.1 Å². The Bertz CT molecular complexity index is 1070. The molecule has 1 saturated heterocycles. The minimum atomic E-state index is -3.79. The van der Waals surface area contributed by atoms with Gasteiger partial charge in [0.25, 0.3) is 5.91 Å². The van der Waals surface area contributed by atoms with Gasteiger partial charge in [0, 0.05) is 44.3 Å². The van der Waals surface area contributed by atoms with Crippen molar-refractivity contribution in [2.24, 2.45) is 16.7 Å². The number of benzene rings is 1. The molecule has 1 aromatic rings. The molecule has 0 spiro atoms. The average Bonchev–Trinajstić information content (AvgIpc) is 3.28. The van der Waals surface area contributed by atoms with E-state index in [1.54, 1.807) is 24.0 Å². The topological polar surface area (TPSA) is 98.8 Å². The van der Waals surface area contributed by atoms with Gasteiger partial charge in [0.1, 0.15) is 0 Å². The van der Waals surface area contributed by atoms with Crippen LogP contribution in [-0.2, 0) is 10.0 Å². The summed E-state index contributed by atoms with van der Waals surface area (Å²) in [5.74, 6) is 0.388. The summed E-state index contributed by atoms with van der Waals surface area (Å²) >= 11 is 0. The van der Waals surface area contributed by atoms with E-state index < -0.39 is 10.0 Å². The Morgan fingerprint density at radius 1 is 1.12 bits per heavy atom. The predicted molar refractivity (Wildman–Crippen MR) is 131 cm³/mol. The molecule has 0 radical (unpaired) electrons.